The molecule has 0 bridgehead atoms. The van der Waals surface area contributed by atoms with Gasteiger partial charge in [-0.3, -0.25) is 4.79 Å². The Morgan fingerprint density at radius 1 is 1.35 bits per heavy atom. The Balaban J connectivity index is 1.46. The number of benzene rings is 1. The fourth-order valence-corrected chi connectivity index (χ4v) is 3.02. The summed E-state index contributed by atoms with van der Waals surface area (Å²) in [5, 5.41) is 4.14. The van der Waals surface area contributed by atoms with Crippen molar-refractivity contribution in [3.63, 3.8) is 0 Å². The standard InChI is InChI=1S/C18H17N3O2/c1-20(12-16-11-13-4-2-3-5-17(13)23-16)18(22)14-7-9-21-15(10-14)6-8-19-21/h2-10,16H,11-12H2,1H3. The third kappa shape index (κ3) is 2.54. The molecule has 23 heavy (non-hydrogen) atoms. The van der Waals surface area contributed by atoms with Gasteiger partial charge in [0.25, 0.3) is 5.91 Å². The number of amides is 1. The molecule has 5 nitrogen and oxygen atoms in total. The molecule has 1 aliphatic rings. The average molecular weight is 307 g/mol. The van der Waals surface area contributed by atoms with E-state index in [0.29, 0.717) is 12.1 Å². The van der Waals surface area contributed by atoms with Gasteiger partial charge >= 0.3 is 0 Å². The quantitative estimate of drug-likeness (QED) is 0.746. The second-order valence-electron chi connectivity index (χ2n) is 5.85. The molecule has 3 heterocycles. The van der Waals surface area contributed by atoms with Crippen molar-refractivity contribution in [1.29, 1.82) is 0 Å². The van der Waals surface area contributed by atoms with Crippen molar-refractivity contribution in [2.75, 3.05) is 13.6 Å². The molecule has 1 amide bonds. The number of hydrogen-bond donors (Lipinski definition) is 0. The first kappa shape index (κ1) is 13.8. The summed E-state index contributed by atoms with van der Waals surface area (Å²) < 4.78 is 7.66. The summed E-state index contributed by atoms with van der Waals surface area (Å²) in [5.41, 5.74) is 2.78. The van der Waals surface area contributed by atoms with E-state index in [1.807, 2.05) is 37.4 Å². The van der Waals surface area contributed by atoms with Crippen LogP contribution in [0.4, 0.5) is 0 Å². The first-order chi connectivity index (χ1) is 11.2. The van der Waals surface area contributed by atoms with Crippen LogP contribution >= 0.6 is 0 Å². The van der Waals surface area contributed by atoms with Gasteiger partial charge in [0.05, 0.1) is 12.1 Å². The number of para-hydroxylation sites is 1. The van der Waals surface area contributed by atoms with Crippen molar-refractivity contribution >= 4 is 11.4 Å². The van der Waals surface area contributed by atoms with Crippen LogP contribution in [0.5, 0.6) is 5.75 Å². The van der Waals surface area contributed by atoms with E-state index in [4.69, 9.17) is 4.74 Å². The van der Waals surface area contributed by atoms with Gasteiger partial charge in [0.2, 0.25) is 0 Å². The minimum atomic E-state index is -0.00624. The minimum absolute atomic E-state index is 0.00624. The smallest absolute Gasteiger partial charge is 0.253 e. The number of fused-ring (bicyclic) bond motifs is 2. The fourth-order valence-electron chi connectivity index (χ4n) is 3.02. The summed E-state index contributed by atoms with van der Waals surface area (Å²) in [6.07, 6.45) is 4.38. The number of pyridine rings is 1. The van der Waals surface area contributed by atoms with Gasteiger partial charge in [-0.05, 0) is 29.8 Å². The van der Waals surface area contributed by atoms with Crippen molar-refractivity contribution < 1.29 is 9.53 Å². The molecule has 0 fully saturated rings. The SMILES string of the molecule is CN(CC1Cc2ccccc2O1)C(=O)c1ccn2nccc2c1. The van der Waals surface area contributed by atoms with Crippen LogP contribution in [0.1, 0.15) is 15.9 Å². The molecule has 3 aromatic rings. The Morgan fingerprint density at radius 3 is 3.09 bits per heavy atom. The van der Waals surface area contributed by atoms with Crippen LogP contribution in [0.15, 0.2) is 54.9 Å². The zero-order chi connectivity index (χ0) is 15.8. The van der Waals surface area contributed by atoms with Gasteiger partial charge in [0.15, 0.2) is 0 Å². The van der Waals surface area contributed by atoms with E-state index >= 15 is 0 Å². The predicted octanol–water partition coefficient (Wildman–Crippen LogP) is 2.41. The molecule has 0 radical (unpaired) electrons. The molecule has 0 saturated carbocycles. The summed E-state index contributed by atoms with van der Waals surface area (Å²) in [5.74, 6) is 0.923. The number of hydrogen-bond acceptors (Lipinski definition) is 3. The lowest BCUT2D eigenvalue weighted by Gasteiger charge is -2.21. The molecular formula is C18H17N3O2. The highest BCUT2D eigenvalue weighted by Crippen LogP contribution is 2.28. The average Bonchev–Trinajstić information content (AvgIpc) is 3.18. The summed E-state index contributed by atoms with van der Waals surface area (Å²) in [6.45, 7) is 0.567. The summed E-state index contributed by atoms with van der Waals surface area (Å²) in [7, 11) is 1.81. The van der Waals surface area contributed by atoms with Crippen LogP contribution < -0.4 is 4.74 Å². The van der Waals surface area contributed by atoms with Crippen molar-refractivity contribution in [3.8, 4) is 5.75 Å². The lowest BCUT2D eigenvalue weighted by Crippen LogP contribution is -2.36. The van der Waals surface area contributed by atoms with Crippen LogP contribution in [-0.4, -0.2) is 40.1 Å². The van der Waals surface area contributed by atoms with Crippen molar-refractivity contribution in [2.45, 2.75) is 12.5 Å². The van der Waals surface area contributed by atoms with E-state index in [-0.39, 0.29) is 12.0 Å². The van der Waals surface area contributed by atoms with E-state index in [9.17, 15) is 4.79 Å². The molecule has 1 atom stereocenters. The topological polar surface area (TPSA) is 46.8 Å². The molecule has 1 unspecified atom stereocenters. The van der Waals surface area contributed by atoms with Crippen LogP contribution in [-0.2, 0) is 6.42 Å². The van der Waals surface area contributed by atoms with Crippen molar-refractivity contribution in [1.82, 2.24) is 14.5 Å². The van der Waals surface area contributed by atoms with E-state index in [1.54, 1.807) is 27.9 Å². The predicted molar refractivity (Wildman–Crippen MR) is 86.7 cm³/mol. The second kappa shape index (κ2) is 5.43. The molecule has 1 aliphatic heterocycles. The Kier molecular flexibility index (Phi) is 3.26. The summed E-state index contributed by atoms with van der Waals surface area (Å²) >= 11 is 0. The molecule has 4 rings (SSSR count). The minimum Gasteiger partial charge on any atom is -0.488 e. The fraction of sp³-hybridized carbons (Fsp3) is 0.222. The Hall–Kier alpha value is -2.82. The van der Waals surface area contributed by atoms with Crippen LogP contribution in [0.25, 0.3) is 5.52 Å². The van der Waals surface area contributed by atoms with Gasteiger partial charge in [-0.15, -0.1) is 0 Å². The Labute approximate surface area is 134 Å². The van der Waals surface area contributed by atoms with Crippen molar-refractivity contribution in [2.24, 2.45) is 0 Å². The second-order valence-corrected chi connectivity index (χ2v) is 5.85. The first-order valence-electron chi connectivity index (χ1n) is 7.64. The molecule has 5 heteroatoms. The lowest BCUT2D eigenvalue weighted by atomic mass is 10.1. The molecule has 0 saturated heterocycles. The first-order valence-corrected chi connectivity index (χ1v) is 7.64. The number of carbonyl (C=O) groups excluding carboxylic acids is 1. The van der Waals surface area contributed by atoms with E-state index in [0.717, 1.165) is 17.7 Å². The highest BCUT2D eigenvalue weighted by molar-refractivity contribution is 5.95. The normalized spacial score (nSPS) is 16.1. The highest BCUT2D eigenvalue weighted by atomic mass is 16.5. The molecule has 0 aliphatic carbocycles. The van der Waals surface area contributed by atoms with Gasteiger partial charge in [-0.25, -0.2) is 4.52 Å². The lowest BCUT2D eigenvalue weighted by molar-refractivity contribution is 0.0730. The summed E-state index contributed by atoms with van der Waals surface area (Å²) in [4.78, 5) is 14.3. The van der Waals surface area contributed by atoms with Gasteiger partial charge in [0, 0.05) is 31.4 Å². The van der Waals surface area contributed by atoms with E-state index in [1.165, 1.54) is 5.56 Å². The third-order valence-corrected chi connectivity index (χ3v) is 4.18. The number of aromatic nitrogens is 2. The molecule has 0 N–H and O–H groups in total. The van der Waals surface area contributed by atoms with Gasteiger partial charge in [-0.2, -0.15) is 5.10 Å². The van der Waals surface area contributed by atoms with E-state index in [2.05, 4.69) is 11.2 Å². The maximum Gasteiger partial charge on any atom is 0.253 e. The number of carbonyl (C=O) groups is 1. The van der Waals surface area contributed by atoms with E-state index < -0.39 is 0 Å². The number of nitrogens with zero attached hydrogens (tertiary/aromatic N) is 3. The molecule has 2 aromatic heterocycles. The monoisotopic (exact) mass is 307 g/mol. The highest BCUT2D eigenvalue weighted by Gasteiger charge is 2.25. The summed E-state index contributed by atoms with van der Waals surface area (Å²) in [6, 6.07) is 13.6. The number of rotatable bonds is 3. The number of likely N-dealkylation sites (N-methyl/N-ethyl adjacent to an activating group) is 1. The van der Waals surface area contributed by atoms with Gasteiger partial charge < -0.3 is 9.64 Å². The Bertz CT molecular complexity index is 846. The molecule has 0 spiro atoms. The Morgan fingerprint density at radius 2 is 2.22 bits per heavy atom. The van der Waals surface area contributed by atoms with Crippen LogP contribution in [0.2, 0.25) is 0 Å². The molecule has 116 valence electrons. The zero-order valence-corrected chi connectivity index (χ0v) is 12.8. The molecule has 1 aromatic carbocycles. The molecular weight excluding hydrogens is 290 g/mol. The maximum atomic E-state index is 12.6. The van der Waals surface area contributed by atoms with Gasteiger partial charge in [0.1, 0.15) is 11.9 Å². The largest absolute Gasteiger partial charge is 0.488 e. The van der Waals surface area contributed by atoms with Crippen LogP contribution in [0, 0.1) is 0 Å². The maximum absolute atomic E-state index is 12.6. The van der Waals surface area contributed by atoms with Crippen LogP contribution in [0.3, 0.4) is 0 Å². The van der Waals surface area contributed by atoms with Crippen molar-refractivity contribution in [3.05, 3.63) is 66.0 Å². The third-order valence-electron chi connectivity index (χ3n) is 4.18. The number of ether oxygens (including phenoxy) is 1. The zero-order valence-electron chi connectivity index (χ0n) is 12.8. The van der Waals surface area contributed by atoms with Gasteiger partial charge in [-0.1, -0.05) is 18.2 Å².